The highest BCUT2D eigenvalue weighted by atomic mass is 31.2. The average Bonchev–Trinajstić information content (AvgIpc) is 2.57. The van der Waals surface area contributed by atoms with Crippen LogP contribution in [0, 0.1) is 0 Å². The van der Waals surface area contributed by atoms with Crippen LogP contribution >= 0.6 is 7.60 Å². The van der Waals surface area contributed by atoms with Gasteiger partial charge in [0.15, 0.2) is 5.78 Å². The van der Waals surface area contributed by atoms with Gasteiger partial charge in [0.25, 0.3) is 0 Å². The Morgan fingerprint density at radius 1 is 1.07 bits per heavy atom. The minimum Gasteiger partial charge on any atom is -0.496 e. The molecule has 1 unspecified atom stereocenters. The van der Waals surface area contributed by atoms with Gasteiger partial charge in [-0.25, -0.2) is 0 Å². The number of hydrogen-bond acceptors (Lipinski definition) is 5. The molecular weight excluding hydrogens is 375 g/mol. The quantitative estimate of drug-likeness (QED) is 0.422. The molecule has 0 bridgehead atoms. The summed E-state index contributed by atoms with van der Waals surface area (Å²) in [4.78, 5) is 12.0. The van der Waals surface area contributed by atoms with Crippen LogP contribution in [-0.2, 0) is 35.7 Å². The number of carbonyl (C=O) groups excluding carboxylic acids is 1. The van der Waals surface area contributed by atoms with Crippen molar-refractivity contribution in [1.29, 1.82) is 0 Å². The Morgan fingerprint density at radius 3 is 2.14 bits per heavy atom. The van der Waals surface area contributed by atoms with Crippen molar-refractivity contribution < 1.29 is 23.1 Å². The lowest BCUT2D eigenvalue weighted by atomic mass is 9.78. The predicted octanol–water partition coefficient (Wildman–Crippen LogP) is 5.44. The molecule has 0 spiro atoms. The van der Waals surface area contributed by atoms with Crippen LogP contribution in [0.3, 0.4) is 0 Å². The first-order valence-corrected chi connectivity index (χ1v) is 11.4. The van der Waals surface area contributed by atoms with Crippen LogP contribution in [0.2, 0.25) is 0 Å². The summed E-state index contributed by atoms with van der Waals surface area (Å²) in [5.41, 5.74) is 3.33. The van der Waals surface area contributed by atoms with Gasteiger partial charge in [-0.05, 0) is 34.5 Å². The summed E-state index contributed by atoms with van der Waals surface area (Å²) in [6.07, 6.45) is 3.79. The summed E-state index contributed by atoms with van der Waals surface area (Å²) >= 11 is 0. The Balaban J connectivity index is 3.12. The van der Waals surface area contributed by atoms with Gasteiger partial charge >= 0.3 is 7.60 Å². The normalized spacial score (nSPS) is 14.9. The van der Waals surface area contributed by atoms with E-state index in [4.69, 9.17) is 13.8 Å². The minimum atomic E-state index is -3.16. The lowest BCUT2D eigenvalue weighted by Crippen LogP contribution is -2.18. The highest BCUT2D eigenvalue weighted by Crippen LogP contribution is 2.42. The van der Waals surface area contributed by atoms with Crippen molar-refractivity contribution in [1.82, 2.24) is 0 Å². The fourth-order valence-corrected chi connectivity index (χ4v) is 3.14. The van der Waals surface area contributed by atoms with Crippen LogP contribution in [-0.4, -0.2) is 33.3 Å². The maximum atomic E-state index is 12.0. The van der Waals surface area contributed by atoms with Gasteiger partial charge in [0.1, 0.15) is 12.4 Å². The number of ketones is 1. The molecule has 6 heteroatoms. The molecule has 1 rings (SSSR count). The molecule has 0 radical (unpaired) electrons. The van der Waals surface area contributed by atoms with E-state index in [0.717, 1.165) is 16.9 Å². The SMILES string of the molecule is COc1c(CC=CC(=O)COP(C)(=O)OC)cc(C(C)(C)C)cc1C(C)(C)C. The topological polar surface area (TPSA) is 61.8 Å². The monoisotopic (exact) mass is 410 g/mol. The van der Waals surface area contributed by atoms with Gasteiger partial charge in [0.05, 0.1) is 7.11 Å². The molecule has 1 aromatic rings. The summed E-state index contributed by atoms with van der Waals surface area (Å²) in [6, 6.07) is 4.36. The molecule has 0 heterocycles. The van der Waals surface area contributed by atoms with Crippen molar-refractivity contribution in [2.75, 3.05) is 27.5 Å². The zero-order valence-electron chi connectivity index (χ0n) is 18.7. The number of ether oxygens (including phenoxy) is 1. The molecule has 0 saturated carbocycles. The lowest BCUT2D eigenvalue weighted by molar-refractivity contribution is -0.116. The van der Waals surface area contributed by atoms with Crippen LogP contribution in [0.15, 0.2) is 24.3 Å². The molecule has 158 valence electrons. The average molecular weight is 410 g/mol. The predicted molar refractivity (Wildman–Crippen MR) is 115 cm³/mol. The van der Waals surface area contributed by atoms with Crippen molar-refractivity contribution >= 4 is 13.4 Å². The molecule has 1 aromatic carbocycles. The Kier molecular flexibility index (Phi) is 8.25. The van der Waals surface area contributed by atoms with Gasteiger partial charge in [-0.2, -0.15) is 0 Å². The fourth-order valence-electron chi connectivity index (χ4n) is 2.67. The van der Waals surface area contributed by atoms with Crippen molar-refractivity contribution in [2.24, 2.45) is 0 Å². The van der Waals surface area contributed by atoms with Crippen LogP contribution in [0.4, 0.5) is 0 Å². The molecular formula is C22H35O5P. The molecule has 0 fully saturated rings. The maximum absolute atomic E-state index is 12.0. The van der Waals surface area contributed by atoms with Crippen LogP contribution in [0.1, 0.15) is 58.2 Å². The number of methoxy groups -OCH3 is 1. The molecule has 5 nitrogen and oxygen atoms in total. The number of benzene rings is 1. The van der Waals surface area contributed by atoms with Crippen molar-refractivity contribution in [3.63, 3.8) is 0 Å². The zero-order valence-corrected chi connectivity index (χ0v) is 19.6. The third kappa shape index (κ3) is 7.20. The standard InChI is InChI=1S/C22H35O5P/c1-21(2,3)17-13-16(20(25-7)19(14-17)22(4,5)6)11-10-12-18(23)15-27-28(9,24)26-8/h10,12-14H,11,15H2,1-9H3. The first-order valence-electron chi connectivity index (χ1n) is 9.40. The summed E-state index contributed by atoms with van der Waals surface area (Å²) < 4.78 is 27.2. The smallest absolute Gasteiger partial charge is 0.327 e. The summed E-state index contributed by atoms with van der Waals surface area (Å²) in [5.74, 6) is 0.590. The molecule has 0 aliphatic heterocycles. The number of hydrogen-bond donors (Lipinski definition) is 0. The highest BCUT2D eigenvalue weighted by molar-refractivity contribution is 7.52. The molecule has 0 saturated heterocycles. The van der Waals surface area contributed by atoms with Crippen molar-refractivity contribution in [2.45, 2.75) is 58.8 Å². The fraction of sp³-hybridized carbons (Fsp3) is 0.591. The lowest BCUT2D eigenvalue weighted by Gasteiger charge is -2.28. The Labute approximate surface area is 170 Å². The molecule has 0 amide bonds. The van der Waals surface area contributed by atoms with Crippen molar-refractivity contribution in [3.05, 3.63) is 41.0 Å². The van der Waals surface area contributed by atoms with E-state index in [1.165, 1.54) is 25.4 Å². The third-order valence-corrected chi connectivity index (χ3v) is 5.72. The molecule has 0 aromatic heterocycles. The largest absolute Gasteiger partial charge is 0.496 e. The second-order valence-electron chi connectivity index (χ2n) is 9.02. The molecule has 0 aliphatic carbocycles. The third-order valence-electron chi connectivity index (χ3n) is 4.46. The van der Waals surface area contributed by atoms with Crippen molar-refractivity contribution in [3.8, 4) is 5.75 Å². The molecule has 28 heavy (non-hydrogen) atoms. The van der Waals surface area contributed by atoms with Crippen LogP contribution in [0.5, 0.6) is 5.75 Å². The Bertz CT molecular complexity index is 766. The summed E-state index contributed by atoms with van der Waals surface area (Å²) in [7, 11) is -0.184. The van der Waals surface area contributed by atoms with Gasteiger partial charge in [0, 0.05) is 19.3 Å². The van der Waals surface area contributed by atoms with E-state index in [9.17, 15) is 9.36 Å². The van der Waals surface area contributed by atoms with E-state index in [2.05, 4.69) is 53.7 Å². The molecule has 1 atom stereocenters. The van der Waals surface area contributed by atoms with E-state index >= 15 is 0 Å². The Morgan fingerprint density at radius 2 is 1.68 bits per heavy atom. The molecule has 0 N–H and O–H groups in total. The second-order valence-corrected chi connectivity index (χ2v) is 11.2. The van der Waals surface area contributed by atoms with Crippen LogP contribution in [0.25, 0.3) is 0 Å². The van der Waals surface area contributed by atoms with Gasteiger partial charge < -0.3 is 13.8 Å². The van der Waals surface area contributed by atoms with Gasteiger partial charge in [-0.1, -0.05) is 59.8 Å². The molecule has 0 aliphatic rings. The van der Waals surface area contributed by atoms with Gasteiger partial charge in [-0.15, -0.1) is 0 Å². The minimum absolute atomic E-state index is 0.00314. The van der Waals surface area contributed by atoms with E-state index < -0.39 is 7.60 Å². The summed E-state index contributed by atoms with van der Waals surface area (Å²) in [5, 5.41) is 0. The highest BCUT2D eigenvalue weighted by Gasteiger charge is 2.25. The first kappa shape index (κ1) is 24.6. The van der Waals surface area contributed by atoms with E-state index in [0.29, 0.717) is 6.42 Å². The number of rotatable bonds is 8. The van der Waals surface area contributed by atoms with Crippen LogP contribution < -0.4 is 4.74 Å². The van der Waals surface area contributed by atoms with Gasteiger partial charge in [0.2, 0.25) is 0 Å². The zero-order chi connectivity index (χ0) is 21.8. The first-order chi connectivity index (χ1) is 12.7. The number of allylic oxidation sites excluding steroid dienone is 1. The Hall–Kier alpha value is -1.42. The van der Waals surface area contributed by atoms with E-state index in [-0.39, 0.29) is 23.2 Å². The van der Waals surface area contributed by atoms with E-state index in [1.54, 1.807) is 13.2 Å². The van der Waals surface area contributed by atoms with Gasteiger partial charge in [-0.3, -0.25) is 9.36 Å². The number of carbonyl (C=O) groups is 1. The second kappa shape index (κ2) is 9.39. The maximum Gasteiger partial charge on any atom is 0.327 e. The summed E-state index contributed by atoms with van der Waals surface area (Å²) in [6.45, 7) is 14.1. The van der Waals surface area contributed by atoms with E-state index in [1.807, 2.05) is 0 Å².